The van der Waals surface area contributed by atoms with Gasteiger partial charge in [-0.1, -0.05) is 42.1 Å². The number of thioether (sulfide) groups is 1. The molecule has 7 heteroatoms. The SMILES string of the molecule is O=C(O)CCSc1nc(Nc2ccc(C3CC3)c3ccccc23)c2ccsc2n1. The van der Waals surface area contributed by atoms with Crippen LogP contribution in [0.25, 0.3) is 21.0 Å². The number of nitrogens with zero attached hydrogens (tertiary/aromatic N) is 2. The molecule has 0 aliphatic heterocycles. The molecule has 2 N–H and O–H groups in total. The van der Waals surface area contributed by atoms with Gasteiger partial charge in [0.25, 0.3) is 0 Å². The summed E-state index contributed by atoms with van der Waals surface area (Å²) in [6.07, 6.45) is 2.64. The minimum atomic E-state index is -0.810. The molecule has 5 rings (SSSR count). The quantitative estimate of drug-likeness (QED) is 0.280. The van der Waals surface area contributed by atoms with E-state index >= 15 is 0 Å². The molecule has 0 radical (unpaired) electrons. The number of carboxylic acid groups (broad SMARTS) is 1. The van der Waals surface area contributed by atoms with E-state index in [-0.39, 0.29) is 6.42 Å². The Bertz CT molecular complexity index is 1220. The van der Waals surface area contributed by atoms with Crippen molar-refractivity contribution in [1.82, 2.24) is 9.97 Å². The van der Waals surface area contributed by atoms with Crippen molar-refractivity contribution in [2.75, 3.05) is 11.1 Å². The number of anilines is 2. The summed E-state index contributed by atoms with van der Waals surface area (Å²) in [6, 6.07) is 14.9. The highest BCUT2D eigenvalue weighted by Gasteiger charge is 2.25. The Balaban J connectivity index is 1.52. The van der Waals surface area contributed by atoms with Crippen LogP contribution in [0.5, 0.6) is 0 Å². The molecule has 1 aliphatic carbocycles. The highest BCUT2D eigenvalue weighted by Crippen LogP contribution is 2.44. The van der Waals surface area contributed by atoms with Crippen LogP contribution in [-0.4, -0.2) is 26.8 Å². The third kappa shape index (κ3) is 3.80. The van der Waals surface area contributed by atoms with E-state index in [2.05, 4.69) is 46.7 Å². The molecule has 2 aromatic heterocycles. The fraction of sp³-hybridized carbons (Fsp3) is 0.227. The summed E-state index contributed by atoms with van der Waals surface area (Å²) in [5.74, 6) is 1.09. The molecule has 146 valence electrons. The Morgan fingerprint density at radius 1 is 1.10 bits per heavy atom. The van der Waals surface area contributed by atoms with Gasteiger partial charge >= 0.3 is 5.97 Å². The molecule has 1 fully saturated rings. The topological polar surface area (TPSA) is 75.1 Å². The second kappa shape index (κ2) is 7.65. The lowest BCUT2D eigenvalue weighted by Gasteiger charge is -2.13. The van der Waals surface area contributed by atoms with Crippen LogP contribution >= 0.6 is 23.1 Å². The van der Waals surface area contributed by atoms with Gasteiger partial charge in [-0.15, -0.1) is 11.3 Å². The van der Waals surface area contributed by atoms with Crippen molar-refractivity contribution in [3.8, 4) is 0 Å². The third-order valence-electron chi connectivity index (χ3n) is 5.08. The fourth-order valence-corrected chi connectivity index (χ4v) is 5.13. The molecular formula is C22H19N3O2S2. The zero-order chi connectivity index (χ0) is 19.8. The first-order valence-electron chi connectivity index (χ1n) is 9.57. The molecule has 0 amide bonds. The highest BCUT2D eigenvalue weighted by molar-refractivity contribution is 7.99. The summed E-state index contributed by atoms with van der Waals surface area (Å²) in [5.41, 5.74) is 2.46. The maximum Gasteiger partial charge on any atom is 0.304 e. The molecule has 2 aromatic carbocycles. The standard InChI is InChI=1S/C22H19N3O2S2/c26-19(27)10-12-29-22-24-20(17-9-11-28-21(17)25-22)23-18-8-7-14(13-5-6-13)15-3-1-2-4-16(15)18/h1-4,7-9,11,13H,5-6,10,12H2,(H,26,27)(H,23,24,25). The van der Waals surface area contributed by atoms with Crippen molar-refractivity contribution in [1.29, 1.82) is 0 Å². The maximum absolute atomic E-state index is 10.8. The van der Waals surface area contributed by atoms with Gasteiger partial charge in [-0.25, -0.2) is 9.97 Å². The number of hydrogen-bond donors (Lipinski definition) is 2. The minimum Gasteiger partial charge on any atom is -0.481 e. The second-order valence-electron chi connectivity index (χ2n) is 7.13. The van der Waals surface area contributed by atoms with Gasteiger partial charge in [0, 0.05) is 16.8 Å². The van der Waals surface area contributed by atoms with Crippen molar-refractivity contribution in [2.45, 2.75) is 30.3 Å². The summed E-state index contributed by atoms with van der Waals surface area (Å²) >= 11 is 2.94. The van der Waals surface area contributed by atoms with E-state index < -0.39 is 5.97 Å². The smallest absolute Gasteiger partial charge is 0.304 e. The average molecular weight is 422 g/mol. The number of aromatic nitrogens is 2. The molecule has 0 atom stereocenters. The van der Waals surface area contributed by atoms with E-state index in [0.717, 1.165) is 21.7 Å². The third-order valence-corrected chi connectivity index (χ3v) is 6.74. The van der Waals surface area contributed by atoms with Gasteiger partial charge in [0.1, 0.15) is 10.6 Å². The lowest BCUT2D eigenvalue weighted by atomic mass is 9.99. The van der Waals surface area contributed by atoms with Gasteiger partial charge in [-0.3, -0.25) is 4.79 Å². The molecule has 29 heavy (non-hydrogen) atoms. The number of thiophene rings is 1. The van der Waals surface area contributed by atoms with Gasteiger partial charge < -0.3 is 10.4 Å². The van der Waals surface area contributed by atoms with Crippen LogP contribution in [0.4, 0.5) is 11.5 Å². The lowest BCUT2D eigenvalue weighted by Crippen LogP contribution is -2.00. The molecule has 0 unspecified atom stereocenters. The molecular weight excluding hydrogens is 402 g/mol. The number of nitrogens with one attached hydrogen (secondary N) is 1. The number of carbonyl (C=O) groups is 1. The average Bonchev–Trinajstić information content (AvgIpc) is 3.44. The molecule has 5 nitrogen and oxygen atoms in total. The molecule has 0 bridgehead atoms. The summed E-state index contributed by atoms with van der Waals surface area (Å²) in [7, 11) is 0. The first kappa shape index (κ1) is 18.4. The van der Waals surface area contributed by atoms with Crippen molar-refractivity contribution in [3.63, 3.8) is 0 Å². The van der Waals surface area contributed by atoms with E-state index in [9.17, 15) is 4.79 Å². The highest BCUT2D eigenvalue weighted by atomic mass is 32.2. The Morgan fingerprint density at radius 2 is 1.93 bits per heavy atom. The molecule has 1 aliphatic rings. The Morgan fingerprint density at radius 3 is 2.72 bits per heavy atom. The van der Waals surface area contributed by atoms with E-state index in [0.29, 0.717) is 16.8 Å². The van der Waals surface area contributed by atoms with E-state index in [1.54, 1.807) is 11.3 Å². The first-order chi connectivity index (χ1) is 14.2. The second-order valence-corrected chi connectivity index (χ2v) is 9.09. The van der Waals surface area contributed by atoms with Crippen LogP contribution in [0.15, 0.2) is 53.0 Å². The zero-order valence-corrected chi connectivity index (χ0v) is 17.2. The Hall–Kier alpha value is -2.64. The first-order valence-corrected chi connectivity index (χ1v) is 11.4. The zero-order valence-electron chi connectivity index (χ0n) is 15.6. The van der Waals surface area contributed by atoms with Crippen LogP contribution in [-0.2, 0) is 4.79 Å². The van der Waals surface area contributed by atoms with E-state index in [1.807, 2.05) is 11.4 Å². The minimum absolute atomic E-state index is 0.0898. The normalized spacial score (nSPS) is 13.8. The van der Waals surface area contributed by atoms with E-state index in [1.165, 1.54) is 40.9 Å². The Labute approximate surface area is 176 Å². The predicted octanol–water partition coefficient (Wildman–Crippen LogP) is 6.03. The summed E-state index contributed by atoms with van der Waals surface area (Å²) < 4.78 is 0. The Kier molecular flexibility index (Phi) is 4.85. The van der Waals surface area contributed by atoms with Crippen molar-refractivity contribution in [3.05, 3.63) is 53.4 Å². The number of rotatable bonds is 7. The van der Waals surface area contributed by atoms with Gasteiger partial charge in [-0.05, 0) is 47.2 Å². The fourth-order valence-electron chi connectivity index (χ4n) is 3.53. The van der Waals surface area contributed by atoms with Crippen LogP contribution in [0.1, 0.15) is 30.7 Å². The van der Waals surface area contributed by atoms with Crippen LogP contribution in [0, 0.1) is 0 Å². The monoisotopic (exact) mass is 421 g/mol. The van der Waals surface area contributed by atoms with Gasteiger partial charge in [-0.2, -0.15) is 0 Å². The molecule has 2 heterocycles. The molecule has 1 saturated carbocycles. The number of carboxylic acids is 1. The number of benzene rings is 2. The summed E-state index contributed by atoms with van der Waals surface area (Å²) in [5, 5.41) is 18.5. The maximum atomic E-state index is 10.8. The van der Waals surface area contributed by atoms with Gasteiger partial charge in [0.05, 0.1) is 11.8 Å². The largest absolute Gasteiger partial charge is 0.481 e. The van der Waals surface area contributed by atoms with Gasteiger partial charge in [0.15, 0.2) is 5.16 Å². The van der Waals surface area contributed by atoms with Crippen molar-refractivity contribution in [2.24, 2.45) is 0 Å². The lowest BCUT2D eigenvalue weighted by molar-refractivity contribution is -0.136. The summed E-state index contributed by atoms with van der Waals surface area (Å²) in [4.78, 5) is 21.0. The van der Waals surface area contributed by atoms with E-state index in [4.69, 9.17) is 10.1 Å². The van der Waals surface area contributed by atoms with Crippen molar-refractivity contribution < 1.29 is 9.90 Å². The van der Waals surface area contributed by atoms with Crippen molar-refractivity contribution >= 4 is 61.6 Å². The van der Waals surface area contributed by atoms with Gasteiger partial charge in [0.2, 0.25) is 0 Å². The molecule has 4 aromatic rings. The predicted molar refractivity (Wildman–Crippen MR) is 120 cm³/mol. The van der Waals surface area contributed by atoms with Crippen LogP contribution in [0.2, 0.25) is 0 Å². The number of fused-ring (bicyclic) bond motifs is 2. The molecule has 0 saturated heterocycles. The number of hydrogen-bond acceptors (Lipinski definition) is 6. The van der Waals surface area contributed by atoms with Crippen LogP contribution in [0.3, 0.4) is 0 Å². The molecule has 0 spiro atoms. The summed E-state index contributed by atoms with van der Waals surface area (Å²) in [6.45, 7) is 0. The number of aliphatic carboxylic acids is 1. The van der Waals surface area contributed by atoms with Crippen LogP contribution < -0.4 is 5.32 Å².